The zero-order chi connectivity index (χ0) is 13.0. The van der Waals surface area contributed by atoms with Crippen LogP contribution in [0.4, 0.5) is 5.69 Å². The number of benzene rings is 1. The normalized spacial score (nSPS) is 10.1. The SMILES string of the molecule is Cc1ccc(CNc2ccc(C(=O)O)cc2)cn1. The molecule has 2 rings (SSSR count). The van der Waals surface area contributed by atoms with Crippen molar-refractivity contribution in [3.63, 3.8) is 0 Å². The van der Waals surface area contributed by atoms with Crippen LogP contribution in [0.25, 0.3) is 0 Å². The summed E-state index contributed by atoms with van der Waals surface area (Å²) in [6.07, 6.45) is 1.83. The van der Waals surface area contributed by atoms with Crippen LogP contribution in [0.5, 0.6) is 0 Å². The summed E-state index contributed by atoms with van der Waals surface area (Å²) in [6, 6.07) is 10.7. The number of carboxylic acid groups (broad SMARTS) is 1. The summed E-state index contributed by atoms with van der Waals surface area (Å²) < 4.78 is 0. The van der Waals surface area contributed by atoms with Crippen LogP contribution in [-0.4, -0.2) is 16.1 Å². The number of aromatic nitrogens is 1. The van der Waals surface area contributed by atoms with Crippen LogP contribution in [-0.2, 0) is 6.54 Å². The molecular weight excluding hydrogens is 228 g/mol. The minimum absolute atomic E-state index is 0.289. The molecule has 0 unspecified atom stereocenters. The van der Waals surface area contributed by atoms with Gasteiger partial charge in [-0.15, -0.1) is 0 Å². The van der Waals surface area contributed by atoms with Gasteiger partial charge in [-0.1, -0.05) is 6.07 Å². The fourth-order valence-electron chi connectivity index (χ4n) is 1.54. The average molecular weight is 242 g/mol. The maximum atomic E-state index is 10.7. The zero-order valence-corrected chi connectivity index (χ0v) is 10.1. The highest BCUT2D eigenvalue weighted by Gasteiger charge is 2.01. The van der Waals surface area contributed by atoms with Gasteiger partial charge in [0, 0.05) is 24.1 Å². The zero-order valence-electron chi connectivity index (χ0n) is 10.1. The highest BCUT2D eigenvalue weighted by molar-refractivity contribution is 5.87. The molecule has 18 heavy (non-hydrogen) atoms. The van der Waals surface area contributed by atoms with E-state index < -0.39 is 5.97 Å². The molecule has 92 valence electrons. The van der Waals surface area contributed by atoms with E-state index in [4.69, 9.17) is 5.11 Å². The molecule has 1 aromatic carbocycles. The Morgan fingerprint density at radius 2 is 1.94 bits per heavy atom. The van der Waals surface area contributed by atoms with Gasteiger partial charge in [0.15, 0.2) is 0 Å². The molecule has 0 amide bonds. The van der Waals surface area contributed by atoms with E-state index in [1.807, 2.05) is 25.3 Å². The number of rotatable bonds is 4. The molecule has 2 N–H and O–H groups in total. The molecule has 4 heteroatoms. The second-order valence-corrected chi connectivity index (χ2v) is 4.04. The van der Waals surface area contributed by atoms with Gasteiger partial charge >= 0.3 is 5.97 Å². The Morgan fingerprint density at radius 3 is 2.50 bits per heavy atom. The van der Waals surface area contributed by atoms with Crippen molar-refractivity contribution in [3.05, 3.63) is 59.4 Å². The molecule has 1 aromatic heterocycles. The lowest BCUT2D eigenvalue weighted by Gasteiger charge is -2.06. The van der Waals surface area contributed by atoms with Crippen molar-refractivity contribution >= 4 is 11.7 Å². The summed E-state index contributed by atoms with van der Waals surface area (Å²) in [4.78, 5) is 14.9. The highest BCUT2D eigenvalue weighted by atomic mass is 16.4. The van der Waals surface area contributed by atoms with Crippen LogP contribution in [0.15, 0.2) is 42.6 Å². The van der Waals surface area contributed by atoms with Crippen LogP contribution >= 0.6 is 0 Å². The van der Waals surface area contributed by atoms with E-state index in [2.05, 4.69) is 10.3 Å². The Hall–Kier alpha value is -2.36. The minimum atomic E-state index is -0.913. The van der Waals surface area contributed by atoms with Gasteiger partial charge in [0.2, 0.25) is 0 Å². The first-order chi connectivity index (χ1) is 8.65. The lowest BCUT2D eigenvalue weighted by Crippen LogP contribution is -2.01. The third kappa shape index (κ3) is 3.07. The average Bonchev–Trinajstić information content (AvgIpc) is 2.38. The monoisotopic (exact) mass is 242 g/mol. The molecule has 0 aliphatic carbocycles. The molecule has 0 saturated carbocycles. The number of aryl methyl sites for hydroxylation is 1. The first kappa shape index (κ1) is 12.1. The standard InChI is InChI=1S/C14H14N2O2/c1-10-2-3-11(8-15-10)9-16-13-6-4-12(5-7-13)14(17)18/h2-8,16H,9H2,1H3,(H,17,18). The Labute approximate surface area is 105 Å². The number of aromatic carboxylic acids is 1. The van der Waals surface area contributed by atoms with Crippen molar-refractivity contribution in [2.45, 2.75) is 13.5 Å². The fraction of sp³-hybridized carbons (Fsp3) is 0.143. The smallest absolute Gasteiger partial charge is 0.335 e. The maximum absolute atomic E-state index is 10.7. The third-order valence-corrected chi connectivity index (χ3v) is 2.60. The van der Waals surface area contributed by atoms with Crippen molar-refractivity contribution in [1.29, 1.82) is 0 Å². The first-order valence-corrected chi connectivity index (χ1v) is 5.64. The summed E-state index contributed by atoms with van der Waals surface area (Å²) in [7, 11) is 0. The second-order valence-electron chi connectivity index (χ2n) is 4.04. The number of nitrogens with one attached hydrogen (secondary N) is 1. The van der Waals surface area contributed by atoms with E-state index in [-0.39, 0.29) is 5.56 Å². The number of nitrogens with zero attached hydrogens (tertiary/aromatic N) is 1. The van der Waals surface area contributed by atoms with Crippen molar-refractivity contribution in [3.8, 4) is 0 Å². The van der Waals surface area contributed by atoms with Gasteiger partial charge in [0.1, 0.15) is 0 Å². The predicted octanol–water partition coefficient (Wildman–Crippen LogP) is 2.70. The van der Waals surface area contributed by atoms with Crippen LogP contribution < -0.4 is 5.32 Å². The third-order valence-electron chi connectivity index (χ3n) is 2.60. The fourth-order valence-corrected chi connectivity index (χ4v) is 1.54. The summed E-state index contributed by atoms with van der Waals surface area (Å²) in [5.41, 5.74) is 3.26. The lowest BCUT2D eigenvalue weighted by atomic mass is 10.2. The number of anilines is 1. The van der Waals surface area contributed by atoms with E-state index in [0.717, 1.165) is 16.9 Å². The van der Waals surface area contributed by atoms with Gasteiger partial charge in [0.05, 0.1) is 5.56 Å². The van der Waals surface area contributed by atoms with Crippen LogP contribution in [0.2, 0.25) is 0 Å². The Morgan fingerprint density at radius 1 is 1.22 bits per heavy atom. The molecule has 0 bridgehead atoms. The molecule has 4 nitrogen and oxygen atoms in total. The quantitative estimate of drug-likeness (QED) is 0.865. The summed E-state index contributed by atoms with van der Waals surface area (Å²) >= 11 is 0. The highest BCUT2D eigenvalue weighted by Crippen LogP contribution is 2.11. The molecule has 1 heterocycles. The van der Waals surface area contributed by atoms with Crippen molar-refractivity contribution < 1.29 is 9.90 Å². The number of hydrogen-bond acceptors (Lipinski definition) is 3. The van der Waals surface area contributed by atoms with Gasteiger partial charge in [-0.05, 0) is 42.8 Å². The van der Waals surface area contributed by atoms with E-state index in [9.17, 15) is 4.79 Å². The van der Waals surface area contributed by atoms with Gasteiger partial charge in [0.25, 0.3) is 0 Å². The number of carbonyl (C=O) groups is 1. The van der Waals surface area contributed by atoms with Crippen LogP contribution in [0.1, 0.15) is 21.6 Å². The molecule has 0 atom stereocenters. The van der Waals surface area contributed by atoms with Crippen LogP contribution in [0, 0.1) is 6.92 Å². The molecular formula is C14H14N2O2. The molecule has 0 radical (unpaired) electrons. The van der Waals surface area contributed by atoms with E-state index in [0.29, 0.717) is 6.54 Å². The predicted molar refractivity (Wildman–Crippen MR) is 69.7 cm³/mol. The first-order valence-electron chi connectivity index (χ1n) is 5.64. The second kappa shape index (κ2) is 5.31. The molecule has 0 spiro atoms. The van der Waals surface area contributed by atoms with E-state index in [1.54, 1.807) is 24.3 Å². The van der Waals surface area contributed by atoms with Crippen LogP contribution in [0.3, 0.4) is 0 Å². The Kier molecular flexibility index (Phi) is 3.57. The minimum Gasteiger partial charge on any atom is -0.478 e. The Bertz CT molecular complexity index is 533. The topological polar surface area (TPSA) is 62.2 Å². The summed E-state index contributed by atoms with van der Waals surface area (Å²) in [5, 5.41) is 12.0. The molecule has 0 aliphatic heterocycles. The van der Waals surface area contributed by atoms with E-state index >= 15 is 0 Å². The number of carboxylic acids is 1. The maximum Gasteiger partial charge on any atom is 0.335 e. The van der Waals surface area contributed by atoms with Gasteiger partial charge in [-0.3, -0.25) is 4.98 Å². The number of pyridine rings is 1. The Balaban J connectivity index is 1.97. The molecule has 0 aliphatic rings. The van der Waals surface area contributed by atoms with Crippen molar-refractivity contribution in [1.82, 2.24) is 4.98 Å². The lowest BCUT2D eigenvalue weighted by molar-refractivity contribution is 0.0697. The molecule has 2 aromatic rings. The molecule has 0 fully saturated rings. The van der Waals surface area contributed by atoms with Gasteiger partial charge in [-0.2, -0.15) is 0 Å². The summed E-state index contributed by atoms with van der Waals surface area (Å²) in [6.45, 7) is 2.61. The van der Waals surface area contributed by atoms with Gasteiger partial charge < -0.3 is 10.4 Å². The van der Waals surface area contributed by atoms with Crippen molar-refractivity contribution in [2.24, 2.45) is 0 Å². The van der Waals surface area contributed by atoms with Gasteiger partial charge in [-0.25, -0.2) is 4.79 Å². The van der Waals surface area contributed by atoms with E-state index in [1.165, 1.54) is 0 Å². The largest absolute Gasteiger partial charge is 0.478 e. The number of hydrogen-bond donors (Lipinski definition) is 2. The van der Waals surface area contributed by atoms with Crippen molar-refractivity contribution in [2.75, 3.05) is 5.32 Å². The summed E-state index contributed by atoms with van der Waals surface area (Å²) in [5.74, 6) is -0.913. The molecule has 0 saturated heterocycles.